The van der Waals surface area contributed by atoms with Gasteiger partial charge in [-0.05, 0) is 29.3 Å². The summed E-state index contributed by atoms with van der Waals surface area (Å²) in [6, 6.07) is 14.5. The predicted molar refractivity (Wildman–Crippen MR) is 128 cm³/mol. The molecule has 0 bridgehead atoms. The van der Waals surface area contributed by atoms with Gasteiger partial charge in [-0.1, -0.05) is 30.3 Å². The molecule has 2 aliphatic heterocycles. The molecule has 1 N–H and O–H groups in total. The zero-order chi connectivity index (χ0) is 22.4. The molecule has 0 unspecified atom stereocenters. The Kier molecular flexibility index (Phi) is 7.85. The van der Waals surface area contributed by atoms with E-state index in [9.17, 15) is 13.2 Å². The van der Waals surface area contributed by atoms with Crippen molar-refractivity contribution in [2.75, 3.05) is 64.0 Å². The summed E-state index contributed by atoms with van der Waals surface area (Å²) in [5.74, 6) is 1.31. The Balaban J connectivity index is 1.58. The molecule has 2 fully saturated rings. The Bertz CT molecular complexity index is 1020. The summed E-state index contributed by atoms with van der Waals surface area (Å²) in [7, 11) is -3.67. The van der Waals surface area contributed by atoms with Crippen LogP contribution in [0.1, 0.15) is 10.4 Å². The van der Waals surface area contributed by atoms with Gasteiger partial charge in [-0.15, -0.1) is 0 Å². The average molecular weight is 476 g/mol. The SMILES string of the molecule is O=C(NCCN1CCOCC1)c1cc(-c2ccccc2)cc(S(=O)(=O)N2CCSCC2)c1. The molecule has 32 heavy (non-hydrogen) atoms. The third-order valence-corrected chi connectivity index (χ3v) is 8.52. The Morgan fingerprint density at radius 1 is 0.969 bits per heavy atom. The lowest BCUT2D eigenvalue weighted by molar-refractivity contribution is 0.0383. The number of hydrogen-bond donors (Lipinski definition) is 1. The number of thioether (sulfide) groups is 1. The third-order valence-electron chi connectivity index (χ3n) is 5.70. The summed E-state index contributed by atoms with van der Waals surface area (Å²) in [6.07, 6.45) is 0. The number of nitrogens with zero attached hydrogens (tertiary/aromatic N) is 2. The largest absolute Gasteiger partial charge is 0.379 e. The molecule has 0 spiro atoms. The molecule has 0 saturated carbocycles. The highest BCUT2D eigenvalue weighted by atomic mass is 32.2. The summed E-state index contributed by atoms with van der Waals surface area (Å²) < 4.78 is 33.5. The second-order valence-electron chi connectivity index (χ2n) is 7.84. The van der Waals surface area contributed by atoms with Gasteiger partial charge in [0.15, 0.2) is 0 Å². The minimum atomic E-state index is -3.67. The van der Waals surface area contributed by atoms with Crippen molar-refractivity contribution in [2.45, 2.75) is 4.90 Å². The molecule has 2 aliphatic rings. The molecule has 2 aromatic rings. The van der Waals surface area contributed by atoms with Gasteiger partial charge in [-0.3, -0.25) is 9.69 Å². The first-order valence-electron chi connectivity index (χ1n) is 10.9. The first-order valence-corrected chi connectivity index (χ1v) is 13.5. The normalized spacial score (nSPS) is 18.4. The fourth-order valence-electron chi connectivity index (χ4n) is 3.87. The van der Waals surface area contributed by atoms with Crippen molar-refractivity contribution in [3.63, 3.8) is 0 Å². The van der Waals surface area contributed by atoms with Crippen LogP contribution in [0.4, 0.5) is 0 Å². The van der Waals surface area contributed by atoms with Crippen molar-refractivity contribution in [3.8, 4) is 11.1 Å². The van der Waals surface area contributed by atoms with Crippen LogP contribution in [0.25, 0.3) is 11.1 Å². The van der Waals surface area contributed by atoms with E-state index >= 15 is 0 Å². The number of benzene rings is 2. The fourth-order valence-corrected chi connectivity index (χ4v) is 6.51. The Labute approximate surface area is 194 Å². The number of hydrogen-bond acceptors (Lipinski definition) is 6. The third kappa shape index (κ3) is 5.71. The number of sulfonamides is 1. The molecule has 172 valence electrons. The van der Waals surface area contributed by atoms with Crippen molar-refractivity contribution in [1.29, 1.82) is 0 Å². The molecular formula is C23H29N3O4S2. The molecule has 4 rings (SSSR count). The molecule has 7 nitrogen and oxygen atoms in total. The summed E-state index contributed by atoms with van der Waals surface area (Å²) in [5, 5.41) is 2.95. The van der Waals surface area contributed by atoms with Crippen LogP contribution in [0.5, 0.6) is 0 Å². The van der Waals surface area contributed by atoms with Gasteiger partial charge >= 0.3 is 0 Å². The van der Waals surface area contributed by atoms with Gasteiger partial charge in [0.1, 0.15) is 0 Å². The van der Waals surface area contributed by atoms with Crippen molar-refractivity contribution in [1.82, 2.24) is 14.5 Å². The van der Waals surface area contributed by atoms with Crippen LogP contribution in [0.3, 0.4) is 0 Å². The van der Waals surface area contributed by atoms with Crippen molar-refractivity contribution in [2.24, 2.45) is 0 Å². The summed E-state index contributed by atoms with van der Waals surface area (Å²) in [4.78, 5) is 15.4. The topological polar surface area (TPSA) is 79.0 Å². The average Bonchev–Trinajstić information content (AvgIpc) is 2.85. The summed E-state index contributed by atoms with van der Waals surface area (Å²) in [6.45, 7) is 5.36. The van der Waals surface area contributed by atoms with Crippen LogP contribution in [0, 0.1) is 0 Å². The van der Waals surface area contributed by atoms with E-state index < -0.39 is 10.0 Å². The molecule has 9 heteroatoms. The Morgan fingerprint density at radius 3 is 2.41 bits per heavy atom. The second-order valence-corrected chi connectivity index (χ2v) is 11.0. The second kappa shape index (κ2) is 10.8. The molecule has 0 radical (unpaired) electrons. The lowest BCUT2D eigenvalue weighted by Gasteiger charge is -2.26. The van der Waals surface area contributed by atoms with E-state index in [1.807, 2.05) is 30.3 Å². The van der Waals surface area contributed by atoms with Crippen molar-refractivity contribution >= 4 is 27.7 Å². The summed E-state index contributed by atoms with van der Waals surface area (Å²) >= 11 is 1.76. The zero-order valence-electron chi connectivity index (χ0n) is 18.0. The number of carbonyl (C=O) groups is 1. The van der Waals surface area contributed by atoms with E-state index in [0.717, 1.165) is 42.3 Å². The molecular weight excluding hydrogens is 446 g/mol. The van der Waals surface area contributed by atoms with Crippen LogP contribution >= 0.6 is 11.8 Å². The van der Waals surface area contributed by atoms with Gasteiger partial charge in [0.05, 0.1) is 18.1 Å². The number of morpholine rings is 1. The minimum absolute atomic E-state index is 0.170. The summed E-state index contributed by atoms with van der Waals surface area (Å²) in [5.41, 5.74) is 1.95. The number of amides is 1. The van der Waals surface area contributed by atoms with Crippen molar-refractivity contribution < 1.29 is 17.9 Å². The van der Waals surface area contributed by atoms with Crippen LogP contribution in [-0.2, 0) is 14.8 Å². The van der Waals surface area contributed by atoms with E-state index in [2.05, 4.69) is 10.2 Å². The fraction of sp³-hybridized carbons (Fsp3) is 0.435. The maximum atomic E-state index is 13.3. The lowest BCUT2D eigenvalue weighted by atomic mass is 10.0. The van der Waals surface area contributed by atoms with Crippen LogP contribution in [-0.4, -0.2) is 87.5 Å². The quantitative estimate of drug-likeness (QED) is 0.661. The smallest absolute Gasteiger partial charge is 0.251 e. The highest BCUT2D eigenvalue weighted by Crippen LogP contribution is 2.27. The first kappa shape index (κ1) is 23.3. The number of carbonyl (C=O) groups excluding carboxylic acids is 1. The van der Waals surface area contributed by atoms with Gasteiger partial charge in [0.25, 0.3) is 5.91 Å². The minimum Gasteiger partial charge on any atom is -0.379 e. The van der Waals surface area contributed by atoms with E-state index in [4.69, 9.17) is 4.74 Å². The first-order chi connectivity index (χ1) is 15.5. The highest BCUT2D eigenvalue weighted by molar-refractivity contribution is 7.99. The van der Waals surface area contributed by atoms with Gasteiger partial charge in [0.2, 0.25) is 10.0 Å². The number of rotatable bonds is 7. The monoisotopic (exact) mass is 475 g/mol. The molecule has 0 aromatic heterocycles. The van der Waals surface area contributed by atoms with E-state index in [-0.39, 0.29) is 10.8 Å². The maximum Gasteiger partial charge on any atom is 0.251 e. The van der Waals surface area contributed by atoms with Gasteiger partial charge in [-0.25, -0.2) is 8.42 Å². The van der Waals surface area contributed by atoms with Gasteiger partial charge < -0.3 is 10.1 Å². The highest BCUT2D eigenvalue weighted by Gasteiger charge is 2.27. The Morgan fingerprint density at radius 2 is 1.69 bits per heavy atom. The molecule has 2 aromatic carbocycles. The van der Waals surface area contributed by atoms with Gasteiger partial charge in [-0.2, -0.15) is 16.1 Å². The van der Waals surface area contributed by atoms with Gasteiger partial charge in [0, 0.05) is 56.3 Å². The molecule has 0 aliphatic carbocycles. The van der Waals surface area contributed by atoms with E-state index in [0.29, 0.717) is 38.4 Å². The number of nitrogens with one attached hydrogen (secondary N) is 1. The van der Waals surface area contributed by atoms with Crippen LogP contribution < -0.4 is 5.32 Å². The number of ether oxygens (including phenoxy) is 1. The predicted octanol–water partition coefficient (Wildman–Crippen LogP) is 2.15. The van der Waals surface area contributed by atoms with E-state index in [1.54, 1.807) is 23.9 Å². The molecule has 0 atom stereocenters. The zero-order valence-corrected chi connectivity index (χ0v) is 19.7. The van der Waals surface area contributed by atoms with E-state index in [1.165, 1.54) is 10.4 Å². The maximum absolute atomic E-state index is 13.3. The lowest BCUT2D eigenvalue weighted by Crippen LogP contribution is -2.41. The van der Waals surface area contributed by atoms with Crippen molar-refractivity contribution in [3.05, 3.63) is 54.1 Å². The van der Waals surface area contributed by atoms with Crippen LogP contribution in [0.15, 0.2) is 53.4 Å². The molecule has 1 amide bonds. The molecule has 2 saturated heterocycles. The Hall–Kier alpha value is -1.91. The molecule has 2 heterocycles. The van der Waals surface area contributed by atoms with Crippen LogP contribution in [0.2, 0.25) is 0 Å². The standard InChI is InChI=1S/C23H29N3O4S2/c27-23(24-6-7-25-8-12-30-13-9-25)21-16-20(19-4-2-1-3-5-19)17-22(18-21)32(28,29)26-10-14-31-15-11-26/h1-5,16-18H,6-15H2,(H,24,27).